The monoisotopic (exact) mass is 281 g/mol. The van der Waals surface area contributed by atoms with Crippen LogP contribution in [-0.2, 0) is 9.59 Å². The molecule has 92 valence electrons. The molecule has 0 radical (unpaired) electrons. The molecule has 0 aromatic rings. The second kappa shape index (κ2) is 13.8. The van der Waals surface area contributed by atoms with Crippen LogP contribution in [0.4, 0.5) is 0 Å². The van der Waals surface area contributed by atoms with Gasteiger partial charge in [0.05, 0.1) is 0 Å². The Morgan fingerprint density at radius 3 is 1.47 bits per heavy atom. The first-order valence-corrected chi connectivity index (χ1v) is 4.90. The van der Waals surface area contributed by atoms with Gasteiger partial charge in [0.1, 0.15) is 6.10 Å². The number of aliphatic hydroxyl groups excluding tert-OH is 1. The molecule has 0 aliphatic carbocycles. The minimum atomic E-state index is -1.23. The van der Waals surface area contributed by atoms with Gasteiger partial charge in [-0.2, -0.15) is 0 Å². The molecule has 1 amide bonds. The molecule has 0 aromatic heterocycles. The van der Waals surface area contributed by atoms with Crippen molar-refractivity contribution in [2.24, 2.45) is 0 Å². The molecule has 15 heavy (non-hydrogen) atoms. The van der Waals surface area contributed by atoms with Gasteiger partial charge in [-0.25, -0.2) is 4.79 Å². The third-order valence-corrected chi connectivity index (χ3v) is 0.568. The van der Waals surface area contributed by atoms with E-state index in [0.29, 0.717) is 0 Å². The fraction of sp³-hybridized carbons (Fsp3) is 0.714. The molecule has 0 saturated heterocycles. The summed E-state index contributed by atoms with van der Waals surface area (Å²) < 4.78 is -0.750. The molecule has 8 heteroatoms. The van der Waals surface area contributed by atoms with Crippen molar-refractivity contribution in [3.8, 4) is 0 Å². The second-order valence-electron chi connectivity index (χ2n) is 2.33. The molecule has 0 spiro atoms. The number of halogens is 3. The Hall–Kier alpha value is -0.230. The summed E-state index contributed by atoms with van der Waals surface area (Å²) in [6, 6.07) is 0. The average molecular weight is 283 g/mol. The number of amides is 1. The summed E-state index contributed by atoms with van der Waals surface area (Å²) in [5, 5.41) is 15.8. The topological polar surface area (TPSA) is 77.8 Å². The van der Waals surface area contributed by atoms with E-state index in [1.54, 1.807) is 14.1 Å². The maximum Gasteiger partial charge on any atom is 0.332 e. The van der Waals surface area contributed by atoms with Crippen LogP contribution in [0.5, 0.6) is 0 Å². The van der Waals surface area contributed by atoms with Crippen LogP contribution >= 0.6 is 34.8 Å². The summed E-state index contributed by atoms with van der Waals surface area (Å²) in [6.45, 7) is 1.20. The van der Waals surface area contributed by atoms with E-state index in [2.05, 4.69) is 0 Å². The Balaban J connectivity index is -0.000000147. The van der Waals surface area contributed by atoms with Gasteiger partial charge in [0.25, 0.3) is 0 Å². The quantitative estimate of drug-likeness (QED) is 0.588. The molecule has 0 fully saturated rings. The van der Waals surface area contributed by atoms with Gasteiger partial charge >= 0.3 is 5.97 Å². The summed E-state index contributed by atoms with van der Waals surface area (Å²) in [7, 11) is 3.38. The summed E-state index contributed by atoms with van der Waals surface area (Å²) in [4.78, 5) is 20.3. The van der Waals surface area contributed by atoms with Crippen molar-refractivity contribution >= 4 is 47.2 Å². The maximum absolute atomic E-state index is 9.45. The van der Waals surface area contributed by atoms with Gasteiger partial charge in [-0.1, -0.05) is 34.8 Å². The SMILES string of the molecule is CN(C)C=O.C[C@H](O)C(=O)O.ClC(Cl)Cl. The summed E-state index contributed by atoms with van der Waals surface area (Å²) in [5.41, 5.74) is 0. The van der Waals surface area contributed by atoms with Crippen molar-refractivity contribution in [1.82, 2.24) is 4.90 Å². The molecule has 0 saturated carbocycles. The van der Waals surface area contributed by atoms with Gasteiger partial charge in [0, 0.05) is 14.1 Å². The molecule has 0 aliphatic rings. The van der Waals surface area contributed by atoms with Crippen LogP contribution in [0.2, 0.25) is 0 Å². The number of carboxylic acid groups (broad SMARTS) is 1. The zero-order chi connectivity index (χ0) is 13.0. The number of carbonyl (C=O) groups is 2. The highest BCUT2D eigenvalue weighted by molar-refractivity contribution is 6.63. The van der Waals surface area contributed by atoms with Crippen LogP contribution in [0.1, 0.15) is 6.92 Å². The zero-order valence-electron chi connectivity index (χ0n) is 8.52. The van der Waals surface area contributed by atoms with E-state index in [0.717, 1.165) is 6.41 Å². The molecule has 0 heterocycles. The van der Waals surface area contributed by atoms with E-state index >= 15 is 0 Å². The van der Waals surface area contributed by atoms with Crippen molar-refractivity contribution < 1.29 is 19.8 Å². The lowest BCUT2D eigenvalue weighted by atomic mass is 10.4. The fourth-order valence-electron chi connectivity index (χ4n) is 0. The average Bonchev–Trinajstić information content (AvgIpc) is 2.04. The van der Waals surface area contributed by atoms with E-state index < -0.39 is 16.4 Å². The largest absolute Gasteiger partial charge is 0.479 e. The third-order valence-electron chi connectivity index (χ3n) is 0.568. The number of carbonyl (C=O) groups excluding carboxylic acids is 1. The molecule has 5 nitrogen and oxygen atoms in total. The van der Waals surface area contributed by atoms with Crippen LogP contribution in [0.15, 0.2) is 0 Å². The van der Waals surface area contributed by atoms with Gasteiger partial charge in [0.2, 0.25) is 6.41 Å². The summed E-state index contributed by atoms with van der Waals surface area (Å²) >= 11 is 14.4. The molecule has 0 unspecified atom stereocenters. The van der Waals surface area contributed by atoms with E-state index in [1.165, 1.54) is 11.8 Å². The lowest BCUT2D eigenvalue weighted by Gasteiger charge is -1.93. The predicted molar refractivity (Wildman–Crippen MR) is 60.4 cm³/mol. The van der Waals surface area contributed by atoms with E-state index in [9.17, 15) is 9.59 Å². The van der Waals surface area contributed by atoms with Crippen LogP contribution in [0.25, 0.3) is 0 Å². The molecular formula is C7H14Cl3NO4. The highest BCUT2D eigenvalue weighted by Crippen LogP contribution is 2.03. The van der Waals surface area contributed by atoms with Crippen LogP contribution in [-0.4, -0.2) is 52.0 Å². The first-order chi connectivity index (χ1) is 6.64. The summed E-state index contributed by atoms with van der Waals surface area (Å²) in [6.07, 6.45) is -0.481. The van der Waals surface area contributed by atoms with Crippen molar-refractivity contribution in [2.45, 2.75) is 17.3 Å². The Labute approximate surface area is 104 Å². The third kappa shape index (κ3) is 57.3. The van der Waals surface area contributed by atoms with Gasteiger partial charge in [0.15, 0.2) is 4.30 Å². The maximum atomic E-state index is 9.45. The zero-order valence-corrected chi connectivity index (χ0v) is 10.8. The van der Waals surface area contributed by atoms with E-state index in [1.807, 2.05) is 0 Å². The first-order valence-electron chi connectivity index (χ1n) is 3.59. The normalized spacial score (nSPS) is 10.1. The fourth-order valence-corrected chi connectivity index (χ4v) is 0. The number of hydrogen-bond acceptors (Lipinski definition) is 3. The molecule has 0 aromatic carbocycles. The molecule has 1 atom stereocenters. The molecule has 0 rings (SSSR count). The second-order valence-corrected chi connectivity index (χ2v) is 4.31. The predicted octanol–water partition coefficient (Wildman–Crippen LogP) is 1.14. The number of alkyl halides is 3. The van der Waals surface area contributed by atoms with Crippen LogP contribution in [0, 0.1) is 0 Å². The number of rotatable bonds is 2. The molecular weight excluding hydrogens is 268 g/mol. The minimum Gasteiger partial charge on any atom is -0.479 e. The number of aliphatic hydroxyl groups is 1. The highest BCUT2D eigenvalue weighted by Gasteiger charge is 2.01. The number of carboxylic acids is 1. The molecule has 2 N–H and O–H groups in total. The number of aliphatic carboxylic acids is 1. The lowest BCUT2D eigenvalue weighted by molar-refractivity contribution is -0.145. The first kappa shape index (κ1) is 20.2. The van der Waals surface area contributed by atoms with Gasteiger partial charge < -0.3 is 15.1 Å². The lowest BCUT2D eigenvalue weighted by Crippen LogP contribution is -2.13. The highest BCUT2D eigenvalue weighted by atomic mass is 35.6. The summed E-state index contributed by atoms with van der Waals surface area (Å²) in [5.74, 6) is -1.19. The van der Waals surface area contributed by atoms with E-state index in [-0.39, 0.29) is 0 Å². The van der Waals surface area contributed by atoms with Crippen molar-refractivity contribution in [2.75, 3.05) is 14.1 Å². The van der Waals surface area contributed by atoms with Gasteiger partial charge in [-0.15, -0.1) is 0 Å². The Morgan fingerprint density at radius 1 is 1.33 bits per heavy atom. The van der Waals surface area contributed by atoms with Crippen LogP contribution < -0.4 is 0 Å². The van der Waals surface area contributed by atoms with Gasteiger partial charge in [-0.05, 0) is 6.92 Å². The molecule has 0 bridgehead atoms. The van der Waals surface area contributed by atoms with Gasteiger partial charge in [-0.3, -0.25) is 4.79 Å². The smallest absolute Gasteiger partial charge is 0.332 e. The minimum absolute atomic E-state index is 0.750. The number of nitrogens with zero attached hydrogens (tertiary/aromatic N) is 1. The molecule has 0 aliphatic heterocycles. The Kier molecular flexibility index (Phi) is 18.6. The van der Waals surface area contributed by atoms with E-state index in [4.69, 9.17) is 45.0 Å². The Morgan fingerprint density at radius 2 is 1.47 bits per heavy atom. The number of hydrogen-bond donors (Lipinski definition) is 2. The van der Waals surface area contributed by atoms with Crippen molar-refractivity contribution in [3.05, 3.63) is 0 Å². The van der Waals surface area contributed by atoms with Crippen molar-refractivity contribution in [3.63, 3.8) is 0 Å². The van der Waals surface area contributed by atoms with Crippen molar-refractivity contribution in [1.29, 1.82) is 0 Å². The Bertz CT molecular complexity index is 162. The standard InChI is InChI=1S/C3H7NO.C3H6O3.CHCl3/c1-4(2)3-5;1-2(4)3(5)6;2-1(3)4/h3H,1-2H3;2,4H,1H3,(H,5,6);1H/t;2-;/m.0./s1. The van der Waals surface area contributed by atoms with Crippen LogP contribution in [0.3, 0.4) is 0 Å².